The summed E-state index contributed by atoms with van der Waals surface area (Å²) in [6.45, 7) is 0. The van der Waals surface area contributed by atoms with Gasteiger partial charge in [-0.25, -0.2) is 4.57 Å². The van der Waals surface area contributed by atoms with Crippen molar-refractivity contribution < 1.29 is 9.09 Å². The molecule has 0 aromatic carbocycles. The van der Waals surface area contributed by atoms with Gasteiger partial charge in [0.15, 0.2) is 0 Å². The Balaban J connectivity index is 2.14. The minimum Gasteiger partial charge on any atom is -0.291 e. The van der Waals surface area contributed by atoms with Gasteiger partial charge in [-0.15, -0.1) is 0 Å². The van der Waals surface area contributed by atoms with Crippen LogP contribution >= 0.6 is 8.69 Å². The molecule has 1 fully saturated rings. The molecule has 1 aliphatic rings. The molecular weight excluding hydrogens is 123 g/mol. The lowest BCUT2D eigenvalue weighted by atomic mass is 10.3. The predicted octanol–water partition coefficient (Wildman–Crippen LogP) is 2.15. The maximum atomic E-state index is 9.84. The van der Waals surface area contributed by atoms with Crippen LogP contribution in [0.15, 0.2) is 0 Å². The molecule has 1 aliphatic carbocycles. The fraction of sp³-hybridized carbons (Fsp3) is 1.00. The lowest BCUT2D eigenvalue weighted by Gasteiger charge is -1.99. The molecule has 46 valence electrons. The molecule has 0 N–H and O–H groups in total. The topological polar surface area (TPSA) is 26.3 Å². The second-order valence-corrected chi connectivity index (χ2v) is 2.45. The Morgan fingerprint density at radius 3 is 2.50 bits per heavy atom. The zero-order chi connectivity index (χ0) is 5.82. The Bertz CT molecular complexity index is 78.5. The molecule has 0 aromatic rings. The smallest absolute Gasteiger partial charge is 0.291 e. The largest absolute Gasteiger partial charge is 0.327 e. The molecule has 0 saturated heterocycles. The summed E-state index contributed by atoms with van der Waals surface area (Å²) in [5.74, 6) is 0. The first kappa shape index (κ1) is 6.18. The van der Waals surface area contributed by atoms with Gasteiger partial charge in [0, 0.05) is 0 Å². The van der Waals surface area contributed by atoms with E-state index < -0.39 is 0 Å². The van der Waals surface area contributed by atoms with Crippen LogP contribution in [0, 0.1) is 0 Å². The summed E-state index contributed by atoms with van der Waals surface area (Å²) >= 11 is 0. The molecular formula is C5H9O2P. The Kier molecular flexibility index (Phi) is 2.44. The van der Waals surface area contributed by atoms with Crippen LogP contribution in [0.2, 0.25) is 0 Å². The van der Waals surface area contributed by atoms with Gasteiger partial charge in [0.2, 0.25) is 0 Å². The summed E-state index contributed by atoms with van der Waals surface area (Å²) in [7, 11) is -0.155. The van der Waals surface area contributed by atoms with Crippen LogP contribution in [0.3, 0.4) is 0 Å². The molecule has 3 heteroatoms. The van der Waals surface area contributed by atoms with E-state index in [9.17, 15) is 4.57 Å². The van der Waals surface area contributed by atoms with Crippen molar-refractivity contribution in [3.8, 4) is 0 Å². The summed E-state index contributed by atoms with van der Waals surface area (Å²) in [6.07, 6.45) is 4.94. The van der Waals surface area contributed by atoms with E-state index in [1.54, 1.807) is 0 Å². The van der Waals surface area contributed by atoms with E-state index in [1.165, 1.54) is 12.8 Å². The third-order valence-corrected chi connectivity index (χ3v) is 1.88. The van der Waals surface area contributed by atoms with Crippen molar-refractivity contribution in [1.82, 2.24) is 0 Å². The summed E-state index contributed by atoms with van der Waals surface area (Å²) in [5, 5.41) is 0. The fourth-order valence-corrected chi connectivity index (χ4v) is 1.39. The molecule has 1 saturated carbocycles. The van der Waals surface area contributed by atoms with E-state index in [-0.39, 0.29) is 14.8 Å². The van der Waals surface area contributed by atoms with Crippen molar-refractivity contribution in [1.29, 1.82) is 0 Å². The van der Waals surface area contributed by atoms with Gasteiger partial charge in [-0.2, -0.15) is 0 Å². The SMILES string of the molecule is O=POC1CCCC1. The van der Waals surface area contributed by atoms with Crippen LogP contribution in [0.1, 0.15) is 25.7 Å². The summed E-state index contributed by atoms with van der Waals surface area (Å²) in [6, 6.07) is 0. The quantitative estimate of drug-likeness (QED) is 0.538. The Morgan fingerprint density at radius 1 is 1.38 bits per heavy atom. The molecule has 0 aliphatic heterocycles. The lowest BCUT2D eigenvalue weighted by molar-refractivity contribution is 0.232. The van der Waals surface area contributed by atoms with Crippen LogP contribution in [0.5, 0.6) is 0 Å². The monoisotopic (exact) mass is 132 g/mol. The van der Waals surface area contributed by atoms with Crippen molar-refractivity contribution in [2.45, 2.75) is 31.8 Å². The first-order valence-electron chi connectivity index (χ1n) is 2.92. The molecule has 2 nitrogen and oxygen atoms in total. The van der Waals surface area contributed by atoms with Crippen molar-refractivity contribution >= 4 is 8.69 Å². The van der Waals surface area contributed by atoms with E-state index in [1.807, 2.05) is 0 Å². The molecule has 0 aromatic heterocycles. The molecule has 0 amide bonds. The van der Waals surface area contributed by atoms with Crippen LogP contribution < -0.4 is 0 Å². The lowest BCUT2D eigenvalue weighted by Crippen LogP contribution is -1.97. The first-order chi connectivity index (χ1) is 3.93. The van der Waals surface area contributed by atoms with Crippen LogP contribution in [0.25, 0.3) is 0 Å². The summed E-state index contributed by atoms with van der Waals surface area (Å²) in [5.41, 5.74) is 0. The molecule has 0 heterocycles. The Hall–Kier alpha value is 0.0600. The second-order valence-electron chi connectivity index (χ2n) is 2.09. The summed E-state index contributed by atoms with van der Waals surface area (Å²) < 4.78 is 14.7. The van der Waals surface area contributed by atoms with E-state index >= 15 is 0 Å². The zero-order valence-corrected chi connectivity index (χ0v) is 5.56. The average Bonchev–Trinajstić information content (AvgIpc) is 2.19. The van der Waals surface area contributed by atoms with E-state index in [0.29, 0.717) is 0 Å². The van der Waals surface area contributed by atoms with E-state index in [2.05, 4.69) is 0 Å². The molecule has 0 spiro atoms. The second kappa shape index (κ2) is 3.16. The molecule has 0 bridgehead atoms. The van der Waals surface area contributed by atoms with Gasteiger partial charge in [0.1, 0.15) is 0 Å². The van der Waals surface area contributed by atoms with Gasteiger partial charge in [0.05, 0.1) is 6.10 Å². The minimum atomic E-state index is -0.155. The number of rotatable bonds is 2. The molecule has 8 heavy (non-hydrogen) atoms. The van der Waals surface area contributed by atoms with Crippen molar-refractivity contribution in [3.63, 3.8) is 0 Å². The third-order valence-electron chi connectivity index (χ3n) is 1.49. The highest BCUT2D eigenvalue weighted by Crippen LogP contribution is 2.23. The summed E-state index contributed by atoms with van der Waals surface area (Å²) in [4.78, 5) is 0. The Morgan fingerprint density at radius 2 is 2.00 bits per heavy atom. The first-order valence-corrected chi connectivity index (χ1v) is 3.65. The van der Waals surface area contributed by atoms with Gasteiger partial charge in [-0.3, -0.25) is 4.52 Å². The zero-order valence-electron chi connectivity index (χ0n) is 4.67. The van der Waals surface area contributed by atoms with Gasteiger partial charge in [-0.1, -0.05) is 12.8 Å². The van der Waals surface area contributed by atoms with Gasteiger partial charge >= 0.3 is 8.69 Å². The number of hydrogen-bond acceptors (Lipinski definition) is 2. The van der Waals surface area contributed by atoms with E-state index in [4.69, 9.17) is 4.52 Å². The third kappa shape index (κ3) is 1.53. The van der Waals surface area contributed by atoms with Crippen LogP contribution in [-0.2, 0) is 9.09 Å². The Labute approximate surface area is 50.5 Å². The normalized spacial score (nSPS) is 22.5. The standard InChI is InChI=1S/C5H9O2P/c6-8-7-5-3-1-2-4-5/h5H,1-4H2. The molecule has 1 rings (SSSR count). The predicted molar refractivity (Wildman–Crippen MR) is 30.9 cm³/mol. The average molecular weight is 132 g/mol. The van der Waals surface area contributed by atoms with Crippen LogP contribution in [0.4, 0.5) is 0 Å². The minimum absolute atomic E-state index is 0.155. The van der Waals surface area contributed by atoms with Crippen molar-refractivity contribution in [2.24, 2.45) is 0 Å². The maximum Gasteiger partial charge on any atom is 0.327 e. The highest BCUT2D eigenvalue weighted by atomic mass is 31.1. The highest BCUT2D eigenvalue weighted by molar-refractivity contribution is 7.17. The maximum absolute atomic E-state index is 9.84. The molecule has 0 unspecified atom stereocenters. The fourth-order valence-electron chi connectivity index (χ4n) is 1.05. The highest BCUT2D eigenvalue weighted by Gasteiger charge is 2.14. The number of hydrogen-bond donors (Lipinski definition) is 0. The van der Waals surface area contributed by atoms with Crippen molar-refractivity contribution in [2.75, 3.05) is 0 Å². The van der Waals surface area contributed by atoms with Gasteiger partial charge < -0.3 is 0 Å². The van der Waals surface area contributed by atoms with Gasteiger partial charge in [-0.05, 0) is 12.8 Å². The molecule has 0 atom stereocenters. The van der Waals surface area contributed by atoms with Crippen LogP contribution in [-0.4, -0.2) is 6.10 Å². The van der Waals surface area contributed by atoms with E-state index in [0.717, 1.165) is 12.8 Å². The van der Waals surface area contributed by atoms with Gasteiger partial charge in [0.25, 0.3) is 0 Å². The van der Waals surface area contributed by atoms with Crippen molar-refractivity contribution in [3.05, 3.63) is 0 Å². The molecule has 0 radical (unpaired) electrons.